The van der Waals surface area contributed by atoms with Gasteiger partial charge in [0.15, 0.2) is 0 Å². The van der Waals surface area contributed by atoms with E-state index in [4.69, 9.17) is 34.8 Å². The molecule has 0 unspecified atom stereocenters. The summed E-state index contributed by atoms with van der Waals surface area (Å²) in [4.78, 5) is 58.6. The van der Waals surface area contributed by atoms with E-state index in [1.54, 1.807) is 37.3 Å². The molecule has 2 heterocycles. The van der Waals surface area contributed by atoms with Crippen LogP contribution in [0.2, 0.25) is 15.1 Å². The van der Waals surface area contributed by atoms with E-state index in [1.807, 2.05) is 6.08 Å². The maximum Gasteiger partial charge on any atom is 0.241 e. The Bertz CT molecular complexity index is 1830. The number of phenolic OH excluding ortho intramolecular Hbond substituents is 1. The van der Waals surface area contributed by atoms with E-state index in [9.17, 15) is 28.7 Å². The third-order valence-corrected chi connectivity index (χ3v) is 10.7. The molecular weight excluding hydrogens is 630 g/mol. The summed E-state index contributed by atoms with van der Waals surface area (Å²) in [6, 6.07) is 14.6. The van der Waals surface area contributed by atoms with Crippen LogP contribution in [-0.4, -0.2) is 28.7 Å². The fourth-order valence-corrected chi connectivity index (χ4v) is 8.41. The molecule has 2 saturated heterocycles. The third kappa shape index (κ3) is 4.00. The number of carbonyl (C=O) groups is 4. The Labute approximate surface area is 266 Å². The summed E-state index contributed by atoms with van der Waals surface area (Å²) < 4.78 is 14.0. The number of nitrogens with zero attached hydrogens (tertiary/aromatic N) is 2. The van der Waals surface area contributed by atoms with E-state index < -0.39 is 52.6 Å². The van der Waals surface area contributed by atoms with Crippen LogP contribution in [0.3, 0.4) is 0 Å². The first-order valence-corrected chi connectivity index (χ1v) is 15.2. The van der Waals surface area contributed by atoms with Crippen LogP contribution in [-0.2, 0) is 19.2 Å². The van der Waals surface area contributed by atoms with Crippen LogP contribution < -0.4 is 9.80 Å². The monoisotopic (exact) mass is 652 g/mol. The van der Waals surface area contributed by atoms with Crippen molar-refractivity contribution in [3.63, 3.8) is 0 Å². The molecule has 1 N–H and O–H groups in total. The maximum atomic E-state index is 14.4. The zero-order valence-corrected chi connectivity index (χ0v) is 25.4. The van der Waals surface area contributed by atoms with E-state index in [0.29, 0.717) is 16.3 Å². The van der Waals surface area contributed by atoms with E-state index in [0.717, 1.165) is 16.5 Å². The van der Waals surface area contributed by atoms with E-state index >= 15 is 0 Å². The lowest BCUT2D eigenvalue weighted by molar-refractivity contribution is -0.131. The molecule has 11 heteroatoms. The minimum atomic E-state index is -1.35. The van der Waals surface area contributed by atoms with Crippen LogP contribution in [0, 0.1) is 34.9 Å². The average molecular weight is 654 g/mol. The highest BCUT2D eigenvalue weighted by Gasteiger charge is 2.67. The summed E-state index contributed by atoms with van der Waals surface area (Å²) in [5.74, 6) is -6.12. The Balaban J connectivity index is 1.37. The highest BCUT2D eigenvalue weighted by molar-refractivity contribution is 6.33. The van der Waals surface area contributed by atoms with Crippen molar-refractivity contribution < 1.29 is 28.7 Å². The first-order valence-electron chi connectivity index (χ1n) is 14.1. The number of carbonyl (C=O) groups excluding carboxylic acids is 4. The second-order valence-corrected chi connectivity index (χ2v) is 13.2. The molecule has 0 radical (unpaired) electrons. The standard InChI is InChI=1S/C33H24Cl3FN2O5/c1-33-23(30(42)39(32(33)44)17-6-11-26(37)25(36)12-17)14-22-19(28(33)20-8-7-18(40)13-24(20)35)9-10-21-27(22)31(43)38(29(21)41)16-4-2-15(34)3-5-16/h2-9,11-13,21-23,27-28,40H,10,14H2,1H3/t21-,22+,23-,27-,28+,33+/m0/s1. The lowest BCUT2D eigenvalue weighted by Gasteiger charge is -2.49. The molecule has 0 bridgehead atoms. The summed E-state index contributed by atoms with van der Waals surface area (Å²) in [5.41, 5.74) is 0.448. The van der Waals surface area contributed by atoms with Crippen LogP contribution in [0.5, 0.6) is 5.75 Å². The van der Waals surface area contributed by atoms with Crippen molar-refractivity contribution in [2.75, 3.05) is 9.80 Å². The molecule has 2 aliphatic carbocycles. The van der Waals surface area contributed by atoms with Crippen LogP contribution in [0.1, 0.15) is 31.2 Å². The molecule has 3 fully saturated rings. The normalized spacial score (nSPS) is 29.5. The predicted octanol–water partition coefficient (Wildman–Crippen LogP) is 6.93. The van der Waals surface area contributed by atoms with Gasteiger partial charge in [-0.05, 0) is 85.8 Å². The maximum absolute atomic E-state index is 14.4. The number of imide groups is 2. The van der Waals surface area contributed by atoms with Crippen molar-refractivity contribution >= 4 is 69.8 Å². The molecule has 4 amide bonds. The van der Waals surface area contributed by atoms with Gasteiger partial charge >= 0.3 is 0 Å². The molecule has 224 valence electrons. The number of hydrogen-bond acceptors (Lipinski definition) is 5. The van der Waals surface area contributed by atoms with Crippen molar-refractivity contribution in [1.82, 2.24) is 0 Å². The van der Waals surface area contributed by atoms with Gasteiger partial charge in [-0.1, -0.05) is 52.5 Å². The van der Waals surface area contributed by atoms with Crippen molar-refractivity contribution in [2.24, 2.45) is 29.1 Å². The van der Waals surface area contributed by atoms with Crippen molar-refractivity contribution in [2.45, 2.75) is 25.7 Å². The molecule has 1 saturated carbocycles. The molecule has 44 heavy (non-hydrogen) atoms. The minimum absolute atomic E-state index is 0.0721. The number of aromatic hydroxyl groups is 1. The molecule has 4 aliphatic rings. The molecule has 0 spiro atoms. The highest BCUT2D eigenvalue weighted by Crippen LogP contribution is 2.64. The summed E-state index contributed by atoms with van der Waals surface area (Å²) in [7, 11) is 0. The van der Waals surface area contributed by atoms with Crippen LogP contribution in [0.25, 0.3) is 0 Å². The van der Waals surface area contributed by atoms with Crippen LogP contribution in [0.15, 0.2) is 72.3 Å². The van der Waals surface area contributed by atoms with E-state index in [2.05, 4.69) is 0 Å². The van der Waals surface area contributed by atoms with Gasteiger partial charge in [-0.3, -0.25) is 24.1 Å². The zero-order chi connectivity index (χ0) is 31.2. The molecule has 6 atom stereocenters. The smallest absolute Gasteiger partial charge is 0.241 e. The Kier molecular flexibility index (Phi) is 6.70. The van der Waals surface area contributed by atoms with Gasteiger partial charge in [0.1, 0.15) is 11.6 Å². The van der Waals surface area contributed by atoms with Crippen molar-refractivity contribution in [3.8, 4) is 5.75 Å². The van der Waals surface area contributed by atoms with Gasteiger partial charge in [0, 0.05) is 16.0 Å². The Morgan fingerprint density at radius 3 is 2.20 bits per heavy atom. The molecule has 3 aromatic carbocycles. The Hall–Kier alpha value is -3.72. The van der Waals surface area contributed by atoms with Crippen molar-refractivity contribution in [1.29, 1.82) is 0 Å². The topological polar surface area (TPSA) is 95.0 Å². The third-order valence-electron chi connectivity index (χ3n) is 9.82. The van der Waals surface area contributed by atoms with E-state index in [-0.39, 0.29) is 46.1 Å². The van der Waals surface area contributed by atoms with Crippen molar-refractivity contribution in [3.05, 3.63) is 98.8 Å². The fraction of sp³-hybridized carbons (Fsp3) is 0.273. The second-order valence-electron chi connectivity index (χ2n) is 12.0. The first-order chi connectivity index (χ1) is 20.9. The van der Waals surface area contributed by atoms with Gasteiger partial charge < -0.3 is 5.11 Å². The molecule has 7 rings (SSSR count). The molecule has 3 aromatic rings. The minimum Gasteiger partial charge on any atom is -0.508 e. The highest BCUT2D eigenvalue weighted by atomic mass is 35.5. The van der Waals surface area contributed by atoms with Crippen LogP contribution >= 0.6 is 34.8 Å². The lowest BCUT2D eigenvalue weighted by atomic mass is 9.51. The Morgan fingerprint density at radius 2 is 1.52 bits per heavy atom. The second kappa shape index (κ2) is 10.2. The van der Waals surface area contributed by atoms with Gasteiger partial charge in [0.05, 0.1) is 39.6 Å². The molecular formula is C33H24Cl3FN2O5. The SMILES string of the molecule is C[C@@]12C(=O)N(c3ccc(F)c(Cl)c3)C(=O)[C@@H]1C[C@@H]1C(=CC[C@@H]3C(=O)N(c4ccc(Cl)cc4)C(=O)[C@@H]31)[C@@H]2c1ccc(O)cc1Cl. The van der Waals surface area contributed by atoms with Gasteiger partial charge in [-0.25, -0.2) is 9.29 Å². The number of benzene rings is 3. The summed E-state index contributed by atoms with van der Waals surface area (Å²) >= 11 is 18.8. The summed E-state index contributed by atoms with van der Waals surface area (Å²) in [5, 5.41) is 10.5. The number of amides is 4. The van der Waals surface area contributed by atoms with Gasteiger partial charge in [0.25, 0.3) is 0 Å². The molecule has 2 aliphatic heterocycles. The first kappa shape index (κ1) is 29.0. The zero-order valence-electron chi connectivity index (χ0n) is 23.1. The molecule has 0 aromatic heterocycles. The number of halogens is 4. The number of hydrogen-bond donors (Lipinski definition) is 1. The average Bonchev–Trinajstić information content (AvgIpc) is 3.35. The number of rotatable bonds is 3. The van der Waals surface area contributed by atoms with Gasteiger partial charge in [0.2, 0.25) is 23.6 Å². The fourth-order valence-electron chi connectivity index (χ4n) is 7.82. The van der Waals surface area contributed by atoms with Crippen LogP contribution in [0.4, 0.5) is 15.8 Å². The van der Waals surface area contributed by atoms with E-state index in [1.165, 1.54) is 29.2 Å². The predicted molar refractivity (Wildman–Crippen MR) is 163 cm³/mol. The number of anilines is 2. The number of phenols is 1. The Morgan fingerprint density at radius 1 is 0.818 bits per heavy atom. The number of fused-ring (bicyclic) bond motifs is 4. The largest absolute Gasteiger partial charge is 0.508 e. The lowest BCUT2D eigenvalue weighted by Crippen LogP contribution is -2.49. The molecule has 7 nitrogen and oxygen atoms in total. The number of allylic oxidation sites excluding steroid dienone is 2. The van der Waals surface area contributed by atoms with Gasteiger partial charge in [-0.2, -0.15) is 0 Å². The van der Waals surface area contributed by atoms with Gasteiger partial charge in [-0.15, -0.1) is 0 Å². The summed E-state index contributed by atoms with van der Waals surface area (Å²) in [6.45, 7) is 1.71. The quantitative estimate of drug-likeness (QED) is 0.245. The summed E-state index contributed by atoms with van der Waals surface area (Å²) in [6.07, 6.45) is 2.31.